The fourth-order valence-electron chi connectivity index (χ4n) is 2.78. The molecule has 1 amide bonds. The molecule has 1 aliphatic heterocycles. The SMILES string of the molecule is C[C@@H](Oc1ccc(Cl)cc1Cl)C(=O)N1N=C(c2ccc(F)cc2)C[C@@]1(O)C(F)(F)F. The van der Waals surface area contributed by atoms with Gasteiger partial charge in [0.2, 0.25) is 0 Å². The first-order valence-corrected chi connectivity index (χ1v) is 9.26. The Morgan fingerprint density at radius 3 is 2.43 bits per heavy atom. The number of alkyl halides is 3. The van der Waals surface area contributed by atoms with E-state index in [1.54, 1.807) is 0 Å². The summed E-state index contributed by atoms with van der Waals surface area (Å²) < 4.78 is 59.4. The van der Waals surface area contributed by atoms with E-state index in [2.05, 4.69) is 5.10 Å². The van der Waals surface area contributed by atoms with Crippen molar-refractivity contribution < 1.29 is 32.2 Å². The Hall–Kier alpha value is -2.36. The number of amides is 1. The lowest BCUT2D eigenvalue weighted by Gasteiger charge is -2.33. The fourth-order valence-corrected chi connectivity index (χ4v) is 3.24. The fraction of sp³-hybridized carbons (Fsp3) is 0.263. The third kappa shape index (κ3) is 4.23. The zero-order valence-electron chi connectivity index (χ0n) is 15.3. The molecule has 5 nitrogen and oxygen atoms in total. The number of nitrogens with zero attached hydrogens (tertiary/aromatic N) is 2. The molecule has 0 aromatic heterocycles. The number of hydrogen-bond acceptors (Lipinski definition) is 4. The number of hydrazone groups is 1. The average molecular weight is 465 g/mol. The molecule has 0 radical (unpaired) electrons. The van der Waals surface area contributed by atoms with E-state index in [0.29, 0.717) is 5.02 Å². The number of benzene rings is 2. The maximum Gasteiger partial charge on any atom is 0.438 e. The summed E-state index contributed by atoms with van der Waals surface area (Å²) in [5.41, 5.74) is -3.70. The summed E-state index contributed by atoms with van der Waals surface area (Å²) in [7, 11) is 0. The van der Waals surface area contributed by atoms with Gasteiger partial charge in [-0.3, -0.25) is 4.79 Å². The molecule has 11 heteroatoms. The van der Waals surface area contributed by atoms with E-state index in [9.17, 15) is 27.5 Å². The lowest BCUT2D eigenvalue weighted by molar-refractivity contribution is -0.303. The highest BCUT2D eigenvalue weighted by Crippen LogP contribution is 2.42. The van der Waals surface area contributed by atoms with E-state index < -0.39 is 36.2 Å². The van der Waals surface area contributed by atoms with Gasteiger partial charge in [0.1, 0.15) is 11.6 Å². The van der Waals surface area contributed by atoms with Crippen LogP contribution in [0.5, 0.6) is 5.75 Å². The lowest BCUT2D eigenvalue weighted by atomic mass is 10.0. The van der Waals surface area contributed by atoms with E-state index in [1.807, 2.05) is 0 Å². The first kappa shape index (κ1) is 22.3. The predicted octanol–water partition coefficient (Wildman–Crippen LogP) is 4.79. The zero-order chi connectivity index (χ0) is 22.3. The summed E-state index contributed by atoms with van der Waals surface area (Å²) in [6, 6.07) is 8.57. The number of aliphatic hydroxyl groups is 1. The van der Waals surface area contributed by atoms with Crippen molar-refractivity contribution in [2.24, 2.45) is 5.10 Å². The van der Waals surface area contributed by atoms with Crippen LogP contribution in [0.15, 0.2) is 47.6 Å². The van der Waals surface area contributed by atoms with Crippen LogP contribution in [0.3, 0.4) is 0 Å². The molecule has 2 atom stereocenters. The maximum atomic E-state index is 13.7. The van der Waals surface area contributed by atoms with Crippen molar-refractivity contribution in [3.05, 3.63) is 63.9 Å². The first-order chi connectivity index (χ1) is 13.9. The molecule has 0 bridgehead atoms. The highest BCUT2D eigenvalue weighted by Gasteiger charge is 2.63. The molecule has 0 aliphatic carbocycles. The smallest absolute Gasteiger partial charge is 0.438 e. The number of rotatable bonds is 4. The molecule has 160 valence electrons. The first-order valence-electron chi connectivity index (χ1n) is 8.50. The summed E-state index contributed by atoms with van der Waals surface area (Å²) in [5, 5.41) is 14.3. The van der Waals surface area contributed by atoms with Crippen LogP contribution in [0.4, 0.5) is 17.6 Å². The Morgan fingerprint density at radius 2 is 1.87 bits per heavy atom. The van der Waals surface area contributed by atoms with Gasteiger partial charge in [-0.25, -0.2) is 4.39 Å². The zero-order valence-corrected chi connectivity index (χ0v) is 16.8. The molecular weight excluding hydrogens is 451 g/mol. The highest BCUT2D eigenvalue weighted by atomic mass is 35.5. The molecule has 1 aliphatic rings. The van der Waals surface area contributed by atoms with Gasteiger partial charge in [0, 0.05) is 5.02 Å². The molecule has 0 fully saturated rings. The van der Waals surface area contributed by atoms with Crippen molar-refractivity contribution in [2.75, 3.05) is 0 Å². The highest BCUT2D eigenvalue weighted by molar-refractivity contribution is 6.35. The molecular formula is C19H14Cl2F4N2O3. The van der Waals surface area contributed by atoms with Crippen molar-refractivity contribution in [3.63, 3.8) is 0 Å². The normalized spacial score (nSPS) is 20.1. The van der Waals surface area contributed by atoms with Crippen LogP contribution < -0.4 is 4.74 Å². The second kappa shape index (κ2) is 8.05. The molecule has 3 rings (SSSR count). The number of carbonyl (C=O) groups is 1. The van der Waals surface area contributed by atoms with Crippen molar-refractivity contribution in [1.29, 1.82) is 0 Å². The molecule has 0 saturated heterocycles. The molecule has 0 spiro atoms. The molecule has 2 aromatic rings. The van der Waals surface area contributed by atoms with Gasteiger partial charge in [0.05, 0.1) is 17.2 Å². The summed E-state index contributed by atoms with van der Waals surface area (Å²) in [4.78, 5) is 12.7. The van der Waals surface area contributed by atoms with Crippen LogP contribution >= 0.6 is 23.2 Å². The largest absolute Gasteiger partial charge is 0.479 e. The Bertz CT molecular complexity index is 998. The maximum absolute atomic E-state index is 13.7. The molecule has 2 aromatic carbocycles. The van der Waals surface area contributed by atoms with Crippen molar-refractivity contribution in [2.45, 2.75) is 31.3 Å². The van der Waals surface area contributed by atoms with Crippen LogP contribution in [0.2, 0.25) is 10.0 Å². The molecule has 0 unspecified atom stereocenters. The quantitative estimate of drug-likeness (QED) is 0.661. The molecule has 30 heavy (non-hydrogen) atoms. The lowest BCUT2D eigenvalue weighted by Crippen LogP contribution is -2.58. The number of ether oxygens (including phenoxy) is 1. The van der Waals surface area contributed by atoms with Crippen LogP contribution in [-0.2, 0) is 4.79 Å². The van der Waals surface area contributed by atoms with Gasteiger partial charge < -0.3 is 9.84 Å². The minimum atomic E-state index is -5.22. The van der Waals surface area contributed by atoms with Crippen molar-refractivity contribution >= 4 is 34.8 Å². The third-order valence-corrected chi connectivity index (χ3v) is 4.90. The monoisotopic (exact) mass is 464 g/mol. The van der Waals surface area contributed by atoms with E-state index in [1.165, 1.54) is 37.3 Å². The van der Waals surface area contributed by atoms with Gasteiger partial charge in [-0.1, -0.05) is 35.3 Å². The Morgan fingerprint density at radius 1 is 1.23 bits per heavy atom. The van der Waals surface area contributed by atoms with Crippen LogP contribution in [0, 0.1) is 5.82 Å². The minimum Gasteiger partial charge on any atom is -0.479 e. The predicted molar refractivity (Wildman–Crippen MR) is 102 cm³/mol. The van der Waals surface area contributed by atoms with Gasteiger partial charge in [0.15, 0.2) is 6.10 Å². The van der Waals surface area contributed by atoms with Crippen LogP contribution in [-0.4, -0.2) is 39.7 Å². The summed E-state index contributed by atoms with van der Waals surface area (Å²) >= 11 is 11.7. The topological polar surface area (TPSA) is 62.1 Å². The van der Waals surface area contributed by atoms with Crippen molar-refractivity contribution in [1.82, 2.24) is 5.01 Å². The summed E-state index contributed by atoms with van der Waals surface area (Å²) in [6.45, 7) is 1.19. The van der Waals surface area contributed by atoms with Gasteiger partial charge >= 0.3 is 6.18 Å². The van der Waals surface area contributed by atoms with E-state index in [-0.39, 0.29) is 27.1 Å². The van der Waals surface area contributed by atoms with Gasteiger partial charge in [-0.15, -0.1) is 0 Å². The van der Waals surface area contributed by atoms with Gasteiger partial charge in [-0.2, -0.15) is 23.3 Å². The second-order valence-corrected chi connectivity index (χ2v) is 7.37. The third-order valence-electron chi connectivity index (χ3n) is 4.37. The van der Waals surface area contributed by atoms with E-state index in [4.69, 9.17) is 27.9 Å². The second-order valence-electron chi connectivity index (χ2n) is 6.53. The molecule has 1 heterocycles. The van der Waals surface area contributed by atoms with E-state index >= 15 is 0 Å². The Labute approximate surface area is 178 Å². The Balaban J connectivity index is 1.92. The summed E-state index contributed by atoms with van der Waals surface area (Å²) in [5.74, 6) is -1.84. The number of halogens is 6. The number of hydrogen-bond donors (Lipinski definition) is 1. The van der Waals surface area contributed by atoms with Crippen molar-refractivity contribution in [3.8, 4) is 5.75 Å². The van der Waals surface area contributed by atoms with Gasteiger partial charge in [-0.05, 0) is 42.8 Å². The Kier molecular flexibility index (Phi) is 5.99. The van der Waals surface area contributed by atoms with Gasteiger partial charge in [0.25, 0.3) is 11.6 Å². The van der Waals surface area contributed by atoms with Crippen LogP contribution in [0.25, 0.3) is 0 Å². The molecule has 0 saturated carbocycles. The molecule has 1 N–H and O–H groups in total. The minimum absolute atomic E-state index is 0.0133. The summed E-state index contributed by atoms with van der Waals surface area (Å²) in [6.07, 6.45) is -7.72. The van der Waals surface area contributed by atoms with E-state index in [0.717, 1.165) is 12.1 Å². The number of carbonyl (C=O) groups excluding carboxylic acids is 1. The standard InChI is InChI=1S/C19H14Cl2F4N2O3/c1-10(30-16-7-4-12(20)8-14(16)21)17(28)27-18(29,19(23,24)25)9-15(26-27)11-2-5-13(22)6-3-11/h2-8,10,29H,9H2,1H3/t10-,18-/m1/s1. The van der Waals surface area contributed by atoms with Crippen LogP contribution in [0.1, 0.15) is 18.9 Å². The average Bonchev–Trinajstić information content (AvgIpc) is 3.02.